The van der Waals surface area contributed by atoms with Crippen molar-refractivity contribution >= 4 is 23.3 Å². The summed E-state index contributed by atoms with van der Waals surface area (Å²) < 4.78 is 1.63. The monoisotopic (exact) mass is 240 g/mol. The van der Waals surface area contributed by atoms with E-state index in [0.717, 1.165) is 0 Å². The van der Waals surface area contributed by atoms with Gasteiger partial charge in [-0.25, -0.2) is 4.98 Å². The van der Waals surface area contributed by atoms with Crippen LogP contribution in [0.4, 0.5) is 0 Å². The molecule has 7 heteroatoms. The van der Waals surface area contributed by atoms with Crippen LogP contribution in [0.5, 0.6) is 0 Å². The molecular formula is C9H9ClN4O2. The number of hydrogen-bond acceptors (Lipinski definition) is 4. The van der Waals surface area contributed by atoms with Gasteiger partial charge in [-0.3, -0.25) is 9.20 Å². The molecule has 2 aromatic heterocycles. The fourth-order valence-corrected chi connectivity index (χ4v) is 1.63. The number of carboxylic acids is 1. The van der Waals surface area contributed by atoms with Gasteiger partial charge in [-0.05, 0) is 6.07 Å². The molecule has 1 unspecified atom stereocenters. The Morgan fingerprint density at radius 1 is 1.69 bits per heavy atom. The Hall–Kier alpha value is -1.66. The lowest BCUT2D eigenvalue weighted by molar-refractivity contribution is -0.138. The number of hydrogen-bond donors (Lipinski definition) is 2. The smallest absolute Gasteiger partial charge is 0.320 e. The summed E-state index contributed by atoms with van der Waals surface area (Å²) in [5.74, 6) is -0.644. The van der Waals surface area contributed by atoms with Crippen LogP contribution in [0.1, 0.15) is 5.69 Å². The zero-order valence-corrected chi connectivity index (χ0v) is 8.92. The van der Waals surface area contributed by atoms with E-state index in [-0.39, 0.29) is 11.6 Å². The van der Waals surface area contributed by atoms with Crippen LogP contribution >= 0.6 is 11.6 Å². The fraction of sp³-hybridized carbons (Fsp3) is 0.222. The summed E-state index contributed by atoms with van der Waals surface area (Å²) in [4.78, 5) is 18.6. The average Bonchev–Trinajstić information content (AvgIpc) is 2.55. The van der Waals surface area contributed by atoms with Gasteiger partial charge in [0.2, 0.25) is 5.78 Å². The predicted octanol–water partition coefficient (Wildman–Crippen LogP) is 0.337. The Morgan fingerprint density at radius 2 is 2.44 bits per heavy atom. The highest BCUT2D eigenvalue weighted by molar-refractivity contribution is 6.30. The lowest BCUT2D eigenvalue weighted by atomic mass is 10.2. The molecule has 2 heterocycles. The number of aromatic nitrogens is 3. The van der Waals surface area contributed by atoms with Gasteiger partial charge in [-0.1, -0.05) is 11.6 Å². The number of fused-ring (bicyclic) bond motifs is 1. The molecule has 0 aromatic carbocycles. The molecule has 2 aromatic rings. The van der Waals surface area contributed by atoms with Crippen LogP contribution in [0, 0.1) is 0 Å². The third kappa shape index (κ3) is 1.84. The standard InChI is InChI=1S/C9H9ClN4O2/c10-7-6(4-5(11)8(15)16)14-3-1-2-12-9(14)13-7/h1-3,5H,4,11H2,(H,15,16). The third-order valence-corrected chi connectivity index (χ3v) is 2.49. The van der Waals surface area contributed by atoms with E-state index in [1.165, 1.54) is 0 Å². The molecule has 0 radical (unpaired) electrons. The fourth-order valence-electron chi connectivity index (χ4n) is 1.39. The lowest BCUT2D eigenvalue weighted by Gasteiger charge is -2.05. The van der Waals surface area contributed by atoms with Crippen molar-refractivity contribution in [2.24, 2.45) is 5.73 Å². The molecule has 0 aliphatic heterocycles. The van der Waals surface area contributed by atoms with Crippen LogP contribution in [0.2, 0.25) is 5.15 Å². The zero-order valence-electron chi connectivity index (χ0n) is 8.17. The van der Waals surface area contributed by atoms with Gasteiger partial charge < -0.3 is 10.8 Å². The number of nitrogens with two attached hydrogens (primary N) is 1. The summed E-state index contributed by atoms with van der Waals surface area (Å²) in [6, 6.07) is 0.707. The van der Waals surface area contributed by atoms with Crippen LogP contribution in [0.3, 0.4) is 0 Å². The van der Waals surface area contributed by atoms with E-state index in [1.54, 1.807) is 22.9 Å². The molecule has 0 amide bonds. The molecule has 2 rings (SSSR count). The van der Waals surface area contributed by atoms with E-state index in [9.17, 15) is 4.79 Å². The molecule has 0 aliphatic carbocycles. The lowest BCUT2D eigenvalue weighted by Crippen LogP contribution is -2.32. The Labute approximate surface area is 95.7 Å². The first-order valence-corrected chi connectivity index (χ1v) is 4.93. The van der Waals surface area contributed by atoms with Crippen LogP contribution in [-0.4, -0.2) is 31.5 Å². The number of imidazole rings is 1. The van der Waals surface area contributed by atoms with E-state index in [1.807, 2.05) is 0 Å². The summed E-state index contributed by atoms with van der Waals surface area (Å²) in [5.41, 5.74) is 6.00. The van der Waals surface area contributed by atoms with E-state index < -0.39 is 12.0 Å². The molecule has 0 fully saturated rings. The van der Waals surface area contributed by atoms with Crippen molar-refractivity contribution in [2.75, 3.05) is 0 Å². The van der Waals surface area contributed by atoms with Gasteiger partial charge in [0.1, 0.15) is 6.04 Å². The van der Waals surface area contributed by atoms with Crippen LogP contribution < -0.4 is 5.73 Å². The topological polar surface area (TPSA) is 93.5 Å². The summed E-state index contributed by atoms with van der Waals surface area (Å²) in [6.07, 6.45) is 3.41. The first kappa shape index (κ1) is 10.8. The van der Waals surface area contributed by atoms with E-state index in [0.29, 0.717) is 11.5 Å². The average molecular weight is 241 g/mol. The number of carbonyl (C=O) groups is 1. The number of carboxylic acid groups (broad SMARTS) is 1. The summed E-state index contributed by atoms with van der Waals surface area (Å²) >= 11 is 5.90. The molecule has 0 spiro atoms. The van der Waals surface area contributed by atoms with Crippen molar-refractivity contribution in [2.45, 2.75) is 12.5 Å². The van der Waals surface area contributed by atoms with Gasteiger partial charge in [0.15, 0.2) is 5.15 Å². The highest BCUT2D eigenvalue weighted by Crippen LogP contribution is 2.17. The minimum absolute atomic E-state index is 0.112. The van der Waals surface area contributed by atoms with Crippen LogP contribution in [-0.2, 0) is 11.2 Å². The molecular weight excluding hydrogens is 232 g/mol. The van der Waals surface area contributed by atoms with E-state index >= 15 is 0 Å². The maximum Gasteiger partial charge on any atom is 0.320 e. The summed E-state index contributed by atoms with van der Waals surface area (Å²) in [5, 5.41) is 8.96. The molecule has 3 N–H and O–H groups in total. The highest BCUT2D eigenvalue weighted by atomic mass is 35.5. The minimum Gasteiger partial charge on any atom is -0.480 e. The molecule has 0 aliphatic rings. The molecule has 0 saturated carbocycles. The van der Waals surface area contributed by atoms with Crippen molar-refractivity contribution in [3.8, 4) is 0 Å². The maximum atomic E-state index is 10.7. The van der Waals surface area contributed by atoms with Crippen molar-refractivity contribution in [1.82, 2.24) is 14.4 Å². The Balaban J connectivity index is 2.43. The zero-order chi connectivity index (χ0) is 11.7. The molecule has 0 saturated heterocycles. The Bertz CT molecular complexity index is 539. The van der Waals surface area contributed by atoms with Gasteiger partial charge in [0, 0.05) is 18.8 Å². The number of halogens is 1. The second kappa shape index (κ2) is 4.07. The second-order valence-electron chi connectivity index (χ2n) is 3.29. The first-order chi connectivity index (χ1) is 7.59. The van der Waals surface area contributed by atoms with Crippen LogP contribution in [0.25, 0.3) is 5.78 Å². The molecule has 0 bridgehead atoms. The Kier molecular flexibility index (Phi) is 2.76. The molecule has 84 valence electrons. The molecule has 16 heavy (non-hydrogen) atoms. The SMILES string of the molecule is NC(Cc1c(Cl)nc2ncccn12)C(=O)O. The molecule has 6 nitrogen and oxygen atoms in total. The van der Waals surface area contributed by atoms with E-state index in [2.05, 4.69) is 9.97 Å². The molecule has 1 atom stereocenters. The normalized spacial score (nSPS) is 12.9. The van der Waals surface area contributed by atoms with Gasteiger partial charge >= 0.3 is 5.97 Å². The third-order valence-electron chi connectivity index (χ3n) is 2.18. The van der Waals surface area contributed by atoms with E-state index in [4.69, 9.17) is 22.4 Å². The Morgan fingerprint density at radius 3 is 3.12 bits per heavy atom. The highest BCUT2D eigenvalue weighted by Gasteiger charge is 2.18. The predicted molar refractivity (Wildman–Crippen MR) is 57.3 cm³/mol. The maximum absolute atomic E-state index is 10.7. The van der Waals surface area contributed by atoms with Crippen molar-refractivity contribution in [1.29, 1.82) is 0 Å². The number of aliphatic carboxylic acids is 1. The van der Waals surface area contributed by atoms with Gasteiger partial charge in [-0.15, -0.1) is 0 Å². The number of nitrogens with zero attached hydrogens (tertiary/aromatic N) is 3. The minimum atomic E-state index is -1.07. The van der Waals surface area contributed by atoms with Crippen LogP contribution in [0.15, 0.2) is 18.5 Å². The van der Waals surface area contributed by atoms with Crippen molar-refractivity contribution in [3.05, 3.63) is 29.3 Å². The second-order valence-corrected chi connectivity index (χ2v) is 3.65. The largest absolute Gasteiger partial charge is 0.480 e. The van der Waals surface area contributed by atoms with Gasteiger partial charge in [0.05, 0.1) is 5.69 Å². The quantitative estimate of drug-likeness (QED) is 0.807. The summed E-state index contributed by atoms with van der Waals surface area (Å²) in [6.45, 7) is 0. The summed E-state index contributed by atoms with van der Waals surface area (Å²) in [7, 11) is 0. The number of rotatable bonds is 3. The van der Waals surface area contributed by atoms with Gasteiger partial charge in [0.25, 0.3) is 0 Å². The van der Waals surface area contributed by atoms with Crippen molar-refractivity contribution in [3.63, 3.8) is 0 Å². The first-order valence-electron chi connectivity index (χ1n) is 4.55. The van der Waals surface area contributed by atoms with Crippen molar-refractivity contribution < 1.29 is 9.90 Å². The van der Waals surface area contributed by atoms with Gasteiger partial charge in [-0.2, -0.15) is 4.98 Å².